The van der Waals surface area contributed by atoms with Crippen LogP contribution in [0.3, 0.4) is 0 Å². The zero-order valence-corrected chi connectivity index (χ0v) is 18.0. The number of amides is 1. The monoisotopic (exact) mass is 432 g/mol. The summed E-state index contributed by atoms with van der Waals surface area (Å²) in [7, 11) is 4.66. The molecule has 0 aliphatic carbocycles. The van der Waals surface area contributed by atoms with E-state index in [4.69, 9.17) is 30.5 Å². The molecule has 1 aromatic carbocycles. The largest absolute Gasteiger partial charge is 0.493 e. The lowest BCUT2D eigenvalue weighted by Crippen LogP contribution is -2.41. The van der Waals surface area contributed by atoms with Crippen molar-refractivity contribution in [1.82, 2.24) is 9.88 Å². The Balaban J connectivity index is 1.59. The molecule has 7 nitrogen and oxygen atoms in total. The summed E-state index contributed by atoms with van der Waals surface area (Å²) >= 11 is 6.10. The third-order valence-electron chi connectivity index (χ3n) is 4.86. The second kappa shape index (κ2) is 10.2. The topological polar surface area (TPSA) is 70.1 Å². The number of benzene rings is 1. The maximum atomic E-state index is 12.6. The zero-order chi connectivity index (χ0) is 21.5. The van der Waals surface area contributed by atoms with E-state index in [0.29, 0.717) is 41.2 Å². The first-order valence-corrected chi connectivity index (χ1v) is 9.97. The summed E-state index contributed by atoms with van der Waals surface area (Å²) in [5.41, 5.74) is 0.779. The Bertz CT molecular complexity index is 885. The van der Waals surface area contributed by atoms with Crippen LogP contribution in [0.4, 0.5) is 0 Å². The Morgan fingerprint density at radius 1 is 1.13 bits per heavy atom. The molecule has 30 heavy (non-hydrogen) atoms. The Kier molecular flexibility index (Phi) is 7.41. The van der Waals surface area contributed by atoms with Gasteiger partial charge in [-0.1, -0.05) is 11.6 Å². The molecule has 1 amide bonds. The number of piperidine rings is 1. The molecule has 0 bridgehead atoms. The molecular weight excluding hydrogens is 408 g/mol. The molecule has 2 heterocycles. The number of carbonyl (C=O) groups is 1. The molecule has 0 radical (unpaired) electrons. The van der Waals surface area contributed by atoms with Crippen LogP contribution in [0.5, 0.6) is 23.1 Å². The molecule has 0 spiro atoms. The van der Waals surface area contributed by atoms with Gasteiger partial charge in [-0.05, 0) is 35.9 Å². The fourth-order valence-corrected chi connectivity index (χ4v) is 3.45. The molecule has 1 aromatic heterocycles. The van der Waals surface area contributed by atoms with Gasteiger partial charge in [0.1, 0.15) is 11.1 Å². The number of carbonyl (C=O) groups excluding carboxylic acids is 1. The van der Waals surface area contributed by atoms with Gasteiger partial charge in [-0.3, -0.25) is 4.79 Å². The number of hydrogen-bond acceptors (Lipinski definition) is 6. The molecule has 1 fully saturated rings. The summed E-state index contributed by atoms with van der Waals surface area (Å²) in [6.07, 6.45) is 6.36. The van der Waals surface area contributed by atoms with Crippen LogP contribution >= 0.6 is 11.6 Å². The van der Waals surface area contributed by atoms with Gasteiger partial charge in [0, 0.05) is 38.2 Å². The van der Waals surface area contributed by atoms with Gasteiger partial charge < -0.3 is 23.8 Å². The highest BCUT2D eigenvalue weighted by atomic mass is 35.5. The number of rotatable bonds is 7. The van der Waals surface area contributed by atoms with E-state index in [-0.39, 0.29) is 12.0 Å². The summed E-state index contributed by atoms with van der Waals surface area (Å²) < 4.78 is 21.9. The SMILES string of the molecule is COc1cc(C=CC(=O)N2CCC(Oc3ncccc3Cl)CC2)cc(OC)c1OC. The second-order valence-electron chi connectivity index (χ2n) is 6.72. The Hall–Kier alpha value is -2.93. The minimum absolute atomic E-state index is 0.0134. The summed E-state index contributed by atoms with van der Waals surface area (Å²) in [5.74, 6) is 1.97. The van der Waals surface area contributed by atoms with E-state index < -0.39 is 0 Å². The van der Waals surface area contributed by atoms with Gasteiger partial charge in [-0.15, -0.1) is 0 Å². The number of hydrogen-bond donors (Lipinski definition) is 0. The van der Waals surface area contributed by atoms with Crippen molar-refractivity contribution in [2.24, 2.45) is 0 Å². The van der Waals surface area contributed by atoms with Gasteiger partial charge in [-0.25, -0.2) is 4.98 Å². The van der Waals surface area contributed by atoms with Crippen LogP contribution in [0.1, 0.15) is 18.4 Å². The van der Waals surface area contributed by atoms with Crippen molar-refractivity contribution in [2.45, 2.75) is 18.9 Å². The molecule has 1 aliphatic rings. The molecule has 3 rings (SSSR count). The molecule has 0 saturated carbocycles. The number of methoxy groups -OCH3 is 3. The highest BCUT2D eigenvalue weighted by molar-refractivity contribution is 6.31. The van der Waals surface area contributed by atoms with Gasteiger partial charge in [0.2, 0.25) is 17.5 Å². The summed E-state index contributed by atoms with van der Waals surface area (Å²) in [5, 5.41) is 0.490. The highest BCUT2D eigenvalue weighted by Gasteiger charge is 2.23. The van der Waals surface area contributed by atoms with Crippen LogP contribution in [0.15, 0.2) is 36.5 Å². The molecule has 2 aromatic rings. The fraction of sp³-hybridized carbons (Fsp3) is 0.364. The molecule has 0 unspecified atom stereocenters. The van der Waals surface area contributed by atoms with Gasteiger partial charge >= 0.3 is 0 Å². The first-order valence-electron chi connectivity index (χ1n) is 9.60. The first-order chi connectivity index (χ1) is 14.5. The minimum atomic E-state index is -0.0573. The van der Waals surface area contributed by atoms with E-state index in [0.717, 1.165) is 18.4 Å². The van der Waals surface area contributed by atoms with Crippen LogP contribution in [-0.4, -0.2) is 56.3 Å². The Morgan fingerprint density at radius 3 is 2.37 bits per heavy atom. The van der Waals surface area contributed by atoms with Gasteiger partial charge in [0.05, 0.1) is 21.3 Å². The van der Waals surface area contributed by atoms with Gasteiger partial charge in [0.15, 0.2) is 11.5 Å². The van der Waals surface area contributed by atoms with Crippen molar-refractivity contribution in [3.63, 3.8) is 0 Å². The van der Waals surface area contributed by atoms with Gasteiger partial charge in [0.25, 0.3) is 0 Å². The average Bonchev–Trinajstić information content (AvgIpc) is 2.78. The number of halogens is 1. The molecule has 1 saturated heterocycles. The number of pyridine rings is 1. The Morgan fingerprint density at radius 2 is 1.80 bits per heavy atom. The second-order valence-corrected chi connectivity index (χ2v) is 7.13. The quantitative estimate of drug-likeness (QED) is 0.619. The van der Waals surface area contributed by atoms with Crippen LogP contribution in [0, 0.1) is 0 Å². The summed E-state index contributed by atoms with van der Waals surface area (Å²) in [6, 6.07) is 7.09. The predicted octanol–water partition coefficient (Wildman–Crippen LogP) is 3.84. The lowest BCUT2D eigenvalue weighted by molar-refractivity contribution is -0.127. The van der Waals surface area contributed by atoms with Crippen molar-refractivity contribution in [3.8, 4) is 23.1 Å². The zero-order valence-electron chi connectivity index (χ0n) is 17.3. The van der Waals surface area contributed by atoms with E-state index >= 15 is 0 Å². The van der Waals surface area contributed by atoms with E-state index in [2.05, 4.69) is 4.98 Å². The molecular formula is C22H25ClN2O5. The van der Waals surface area contributed by atoms with Crippen molar-refractivity contribution in [3.05, 3.63) is 47.1 Å². The van der Waals surface area contributed by atoms with E-state index in [9.17, 15) is 4.79 Å². The van der Waals surface area contributed by atoms with E-state index in [1.54, 1.807) is 68.8 Å². The van der Waals surface area contributed by atoms with Crippen LogP contribution in [-0.2, 0) is 4.79 Å². The predicted molar refractivity (Wildman–Crippen MR) is 115 cm³/mol. The average molecular weight is 433 g/mol. The van der Waals surface area contributed by atoms with E-state index in [1.165, 1.54) is 0 Å². The number of aromatic nitrogens is 1. The lowest BCUT2D eigenvalue weighted by Gasteiger charge is -2.31. The molecule has 0 atom stereocenters. The maximum Gasteiger partial charge on any atom is 0.246 e. The lowest BCUT2D eigenvalue weighted by atomic mass is 10.1. The van der Waals surface area contributed by atoms with E-state index in [1.807, 2.05) is 0 Å². The van der Waals surface area contributed by atoms with Gasteiger partial charge in [-0.2, -0.15) is 0 Å². The highest BCUT2D eigenvalue weighted by Crippen LogP contribution is 2.38. The van der Waals surface area contributed by atoms with Crippen molar-refractivity contribution >= 4 is 23.6 Å². The number of ether oxygens (including phenoxy) is 4. The third-order valence-corrected chi connectivity index (χ3v) is 5.15. The van der Waals surface area contributed by atoms with Crippen LogP contribution < -0.4 is 18.9 Å². The first kappa shape index (κ1) is 21.8. The number of nitrogens with zero attached hydrogens (tertiary/aromatic N) is 2. The molecule has 1 aliphatic heterocycles. The summed E-state index contributed by atoms with van der Waals surface area (Å²) in [4.78, 5) is 18.6. The maximum absolute atomic E-state index is 12.6. The third kappa shape index (κ3) is 5.16. The summed E-state index contributed by atoms with van der Waals surface area (Å²) in [6.45, 7) is 1.21. The minimum Gasteiger partial charge on any atom is -0.493 e. The molecule has 8 heteroatoms. The Labute approximate surface area is 181 Å². The molecule has 0 N–H and O–H groups in total. The van der Waals surface area contributed by atoms with Crippen molar-refractivity contribution < 1.29 is 23.7 Å². The number of likely N-dealkylation sites (tertiary alicyclic amines) is 1. The standard InChI is InChI=1S/C22H25ClN2O5/c1-27-18-13-15(14-19(28-2)21(18)29-3)6-7-20(26)25-11-8-16(9-12-25)30-22-17(23)5-4-10-24-22/h4-7,10,13-14,16H,8-9,11-12H2,1-3H3. The normalized spacial score (nSPS) is 14.6. The van der Waals surface area contributed by atoms with Crippen molar-refractivity contribution in [2.75, 3.05) is 34.4 Å². The molecule has 160 valence electrons. The van der Waals surface area contributed by atoms with Crippen LogP contribution in [0.2, 0.25) is 5.02 Å². The van der Waals surface area contributed by atoms with Crippen LogP contribution in [0.25, 0.3) is 6.08 Å². The van der Waals surface area contributed by atoms with Crippen molar-refractivity contribution in [1.29, 1.82) is 0 Å². The fourth-order valence-electron chi connectivity index (χ4n) is 3.28. The smallest absolute Gasteiger partial charge is 0.246 e.